The lowest BCUT2D eigenvalue weighted by atomic mass is 10.1. The molecule has 0 bridgehead atoms. The molecule has 0 atom stereocenters. The summed E-state index contributed by atoms with van der Waals surface area (Å²) >= 11 is 5.97. The average molecular weight is 288 g/mol. The first kappa shape index (κ1) is 13.2. The van der Waals surface area contributed by atoms with Gasteiger partial charge in [-0.15, -0.1) is 0 Å². The van der Waals surface area contributed by atoms with E-state index < -0.39 is 0 Å². The molecular weight excluding hydrogens is 274 g/mol. The fourth-order valence-electron chi connectivity index (χ4n) is 2.51. The fraction of sp³-hybridized carbons (Fsp3) is 0.188. The first-order chi connectivity index (χ1) is 9.69. The van der Waals surface area contributed by atoms with E-state index in [-0.39, 0.29) is 12.5 Å². The van der Waals surface area contributed by atoms with Gasteiger partial charge in [0.25, 0.3) is 5.91 Å². The van der Waals surface area contributed by atoms with Crippen molar-refractivity contribution in [2.24, 2.45) is 0 Å². The van der Waals surface area contributed by atoms with Gasteiger partial charge >= 0.3 is 0 Å². The maximum absolute atomic E-state index is 12.4. The lowest BCUT2D eigenvalue weighted by molar-refractivity contribution is 0.0996. The highest BCUT2D eigenvalue weighted by molar-refractivity contribution is 6.31. The Labute approximate surface area is 122 Å². The van der Waals surface area contributed by atoms with Gasteiger partial charge in [0, 0.05) is 22.9 Å². The van der Waals surface area contributed by atoms with Crippen LogP contribution in [0.2, 0.25) is 5.02 Å². The molecule has 0 aromatic heterocycles. The highest BCUT2D eigenvalue weighted by atomic mass is 35.5. The van der Waals surface area contributed by atoms with Crippen molar-refractivity contribution in [1.29, 1.82) is 0 Å². The van der Waals surface area contributed by atoms with Gasteiger partial charge in [0.2, 0.25) is 0 Å². The van der Waals surface area contributed by atoms with Gasteiger partial charge in [0.15, 0.2) is 0 Å². The van der Waals surface area contributed by atoms with Gasteiger partial charge in [-0.2, -0.15) is 0 Å². The number of aliphatic hydroxyl groups excluding tert-OH is 1. The van der Waals surface area contributed by atoms with E-state index in [1.54, 1.807) is 17.0 Å². The number of nitrogens with zero attached hydrogens (tertiary/aromatic N) is 1. The second-order valence-corrected chi connectivity index (χ2v) is 5.27. The van der Waals surface area contributed by atoms with Crippen LogP contribution in [0.15, 0.2) is 42.5 Å². The number of fused-ring (bicyclic) bond motifs is 1. The molecule has 3 rings (SSSR count). The van der Waals surface area contributed by atoms with Crippen LogP contribution in [0.4, 0.5) is 5.69 Å². The van der Waals surface area contributed by atoms with Crippen molar-refractivity contribution in [2.45, 2.75) is 13.0 Å². The molecule has 1 aliphatic heterocycles. The Hall–Kier alpha value is -1.84. The Morgan fingerprint density at radius 2 is 2.05 bits per heavy atom. The molecule has 1 amide bonds. The molecule has 0 saturated heterocycles. The minimum atomic E-state index is -0.00202. The predicted octanol–water partition coefficient (Wildman–Crippen LogP) is 3.04. The molecule has 0 saturated carbocycles. The summed E-state index contributed by atoms with van der Waals surface area (Å²) in [6, 6.07) is 13.1. The lowest BCUT2D eigenvalue weighted by Crippen LogP contribution is -2.23. The third-order valence-corrected chi connectivity index (χ3v) is 3.73. The zero-order valence-corrected chi connectivity index (χ0v) is 11.6. The van der Waals surface area contributed by atoms with Crippen LogP contribution in [0, 0.1) is 0 Å². The lowest BCUT2D eigenvalue weighted by Gasteiger charge is -2.16. The largest absolute Gasteiger partial charge is 0.396 e. The molecule has 0 radical (unpaired) electrons. The van der Waals surface area contributed by atoms with Gasteiger partial charge < -0.3 is 10.0 Å². The summed E-state index contributed by atoms with van der Waals surface area (Å²) in [5.41, 5.74) is 3.54. The highest BCUT2D eigenvalue weighted by Crippen LogP contribution is 2.30. The Balaban J connectivity index is 1.93. The molecule has 0 aliphatic carbocycles. The predicted molar refractivity (Wildman–Crippen MR) is 79.2 cm³/mol. The summed E-state index contributed by atoms with van der Waals surface area (Å²) in [6.07, 6.45) is 0.592. The zero-order valence-electron chi connectivity index (χ0n) is 10.8. The van der Waals surface area contributed by atoms with Crippen molar-refractivity contribution in [3.05, 3.63) is 64.2 Å². The van der Waals surface area contributed by atoms with Crippen LogP contribution >= 0.6 is 11.6 Å². The van der Waals surface area contributed by atoms with Gasteiger partial charge in [0.1, 0.15) is 0 Å². The minimum absolute atomic E-state index is 0.00202. The summed E-state index contributed by atoms with van der Waals surface area (Å²) < 4.78 is 0. The number of hydrogen-bond acceptors (Lipinski definition) is 2. The fourth-order valence-corrected chi connectivity index (χ4v) is 2.70. The highest BCUT2D eigenvalue weighted by Gasteiger charge is 2.28. The molecule has 20 heavy (non-hydrogen) atoms. The summed E-state index contributed by atoms with van der Waals surface area (Å²) in [5, 5.41) is 9.65. The summed E-state index contributed by atoms with van der Waals surface area (Å²) in [6.45, 7) is 0.643. The van der Waals surface area contributed by atoms with Crippen LogP contribution in [-0.4, -0.2) is 17.6 Å². The van der Waals surface area contributed by atoms with Gasteiger partial charge in [-0.1, -0.05) is 23.7 Å². The third-order valence-electron chi connectivity index (χ3n) is 3.49. The van der Waals surface area contributed by atoms with Gasteiger partial charge in [-0.3, -0.25) is 4.79 Å². The molecule has 2 aromatic carbocycles. The second-order valence-electron chi connectivity index (χ2n) is 4.84. The van der Waals surface area contributed by atoms with Crippen molar-refractivity contribution < 1.29 is 9.90 Å². The van der Waals surface area contributed by atoms with E-state index in [1.807, 2.05) is 30.3 Å². The zero-order chi connectivity index (χ0) is 14.1. The number of halogens is 1. The van der Waals surface area contributed by atoms with E-state index in [1.165, 1.54) is 0 Å². The van der Waals surface area contributed by atoms with E-state index in [9.17, 15) is 4.79 Å². The molecule has 1 N–H and O–H groups in total. The maximum Gasteiger partial charge on any atom is 0.258 e. The van der Waals surface area contributed by atoms with Crippen LogP contribution < -0.4 is 4.90 Å². The number of anilines is 1. The van der Waals surface area contributed by atoms with Crippen LogP contribution in [0.3, 0.4) is 0 Å². The van der Waals surface area contributed by atoms with Crippen LogP contribution in [0.1, 0.15) is 21.5 Å². The van der Waals surface area contributed by atoms with Crippen molar-refractivity contribution in [3.8, 4) is 0 Å². The standard InChI is InChI=1S/C16H14ClNO2/c17-13-4-5-15-12(9-13)10-18(16(15)20)14-3-1-2-11(8-14)6-7-19/h1-5,8-9,19H,6-7,10H2. The van der Waals surface area contributed by atoms with Gasteiger partial charge in [-0.05, 0) is 47.9 Å². The van der Waals surface area contributed by atoms with Crippen LogP contribution in [0.5, 0.6) is 0 Å². The first-order valence-electron chi connectivity index (χ1n) is 6.49. The molecule has 3 nitrogen and oxygen atoms in total. The summed E-state index contributed by atoms with van der Waals surface area (Å²) in [7, 11) is 0. The first-order valence-corrected chi connectivity index (χ1v) is 6.87. The van der Waals surface area contributed by atoms with Gasteiger partial charge in [-0.25, -0.2) is 0 Å². The number of benzene rings is 2. The molecule has 4 heteroatoms. The van der Waals surface area contributed by atoms with E-state index in [0.29, 0.717) is 23.6 Å². The minimum Gasteiger partial charge on any atom is -0.396 e. The second kappa shape index (κ2) is 5.27. The Kier molecular flexibility index (Phi) is 3.47. The van der Waals surface area contributed by atoms with E-state index >= 15 is 0 Å². The molecule has 0 unspecified atom stereocenters. The Morgan fingerprint density at radius 3 is 2.85 bits per heavy atom. The van der Waals surface area contributed by atoms with Crippen LogP contribution in [0.25, 0.3) is 0 Å². The maximum atomic E-state index is 12.4. The average Bonchev–Trinajstić information content (AvgIpc) is 2.76. The monoisotopic (exact) mass is 287 g/mol. The van der Waals surface area contributed by atoms with Crippen molar-refractivity contribution in [3.63, 3.8) is 0 Å². The summed E-state index contributed by atoms with van der Waals surface area (Å²) in [4.78, 5) is 14.1. The smallest absolute Gasteiger partial charge is 0.258 e. The Morgan fingerprint density at radius 1 is 1.20 bits per heavy atom. The number of carbonyl (C=O) groups excluding carboxylic acids is 1. The van der Waals surface area contributed by atoms with Crippen molar-refractivity contribution >= 4 is 23.2 Å². The molecule has 1 heterocycles. The number of aliphatic hydroxyl groups is 1. The third kappa shape index (κ3) is 2.30. The number of carbonyl (C=O) groups is 1. The molecule has 0 fully saturated rings. The van der Waals surface area contributed by atoms with Gasteiger partial charge in [0.05, 0.1) is 6.54 Å². The molecule has 102 valence electrons. The van der Waals surface area contributed by atoms with Crippen LogP contribution in [-0.2, 0) is 13.0 Å². The normalized spacial score (nSPS) is 13.7. The number of amides is 1. The van der Waals surface area contributed by atoms with Crippen molar-refractivity contribution in [1.82, 2.24) is 0 Å². The Bertz CT molecular complexity index is 669. The molecular formula is C16H14ClNO2. The summed E-state index contributed by atoms with van der Waals surface area (Å²) in [5.74, 6) is -0.00202. The topological polar surface area (TPSA) is 40.5 Å². The van der Waals surface area contributed by atoms with E-state index in [2.05, 4.69) is 0 Å². The van der Waals surface area contributed by atoms with E-state index in [4.69, 9.17) is 16.7 Å². The molecule has 2 aromatic rings. The van der Waals surface area contributed by atoms with Crippen molar-refractivity contribution in [2.75, 3.05) is 11.5 Å². The SMILES string of the molecule is O=C1c2ccc(Cl)cc2CN1c1cccc(CCO)c1. The quantitative estimate of drug-likeness (QED) is 0.943. The molecule has 1 aliphatic rings. The number of hydrogen-bond donors (Lipinski definition) is 1. The molecule has 0 spiro atoms. The number of rotatable bonds is 3. The van der Waals surface area contributed by atoms with E-state index in [0.717, 1.165) is 16.8 Å².